The smallest absolute Gasteiger partial charge is 0.191 e. The number of para-hydroxylation sites is 1. The molecule has 3 N–H and O–H groups in total. The van der Waals surface area contributed by atoms with Gasteiger partial charge in [0.1, 0.15) is 0 Å². The highest BCUT2D eigenvalue weighted by Gasteiger charge is 2.03. The molecule has 0 spiro atoms. The molecule has 1 heterocycles. The Morgan fingerprint density at radius 1 is 1.20 bits per heavy atom. The monoisotopic (exact) mass is 272 g/mol. The third-order valence-corrected chi connectivity index (χ3v) is 3.20. The summed E-state index contributed by atoms with van der Waals surface area (Å²) in [6.45, 7) is 6.87. The Hall–Kier alpha value is -1.97. The number of benzene rings is 1. The molecule has 4 nitrogen and oxygen atoms in total. The second kappa shape index (κ2) is 7.58. The highest BCUT2D eigenvalue weighted by Crippen LogP contribution is 2.17. The molecule has 0 aliphatic carbocycles. The molecule has 108 valence electrons. The van der Waals surface area contributed by atoms with Crippen molar-refractivity contribution in [3.05, 3.63) is 36.0 Å². The van der Waals surface area contributed by atoms with Crippen LogP contribution in [0.5, 0.6) is 0 Å². The van der Waals surface area contributed by atoms with Gasteiger partial charge < -0.3 is 15.6 Å². The molecule has 0 unspecified atom stereocenters. The van der Waals surface area contributed by atoms with E-state index in [4.69, 9.17) is 0 Å². The summed E-state index contributed by atoms with van der Waals surface area (Å²) in [5, 5.41) is 7.96. The number of aromatic nitrogens is 1. The molecule has 0 saturated heterocycles. The van der Waals surface area contributed by atoms with Gasteiger partial charge in [-0.15, -0.1) is 0 Å². The van der Waals surface area contributed by atoms with Crippen LogP contribution in [0, 0.1) is 0 Å². The second-order valence-corrected chi connectivity index (χ2v) is 4.80. The average molecular weight is 272 g/mol. The summed E-state index contributed by atoms with van der Waals surface area (Å²) < 4.78 is 0. The first-order valence-corrected chi connectivity index (χ1v) is 7.42. The number of nitrogens with zero attached hydrogens (tertiary/aromatic N) is 1. The number of aromatic amines is 1. The minimum atomic E-state index is 0.864. The summed E-state index contributed by atoms with van der Waals surface area (Å²) in [6, 6.07) is 8.41. The van der Waals surface area contributed by atoms with Crippen LogP contribution < -0.4 is 10.6 Å². The van der Waals surface area contributed by atoms with E-state index in [0.717, 1.165) is 38.4 Å². The van der Waals surface area contributed by atoms with Gasteiger partial charge in [0.15, 0.2) is 5.96 Å². The molecule has 0 atom stereocenters. The first kappa shape index (κ1) is 14.4. The molecule has 2 rings (SSSR count). The molecule has 0 amide bonds. The van der Waals surface area contributed by atoms with E-state index >= 15 is 0 Å². The van der Waals surface area contributed by atoms with Crippen LogP contribution in [0.25, 0.3) is 10.9 Å². The SMILES string of the molecule is CCCN=C(NCC)NCCc1c[nH]c2ccccc12. The molecule has 0 aliphatic rings. The minimum absolute atomic E-state index is 0.864. The summed E-state index contributed by atoms with van der Waals surface area (Å²) in [5.74, 6) is 0.911. The van der Waals surface area contributed by atoms with E-state index in [1.54, 1.807) is 0 Å². The molecule has 1 aromatic heterocycles. The maximum absolute atomic E-state index is 4.50. The predicted molar refractivity (Wildman–Crippen MR) is 86.3 cm³/mol. The Bertz CT molecular complexity index is 556. The van der Waals surface area contributed by atoms with Crippen LogP contribution in [0.2, 0.25) is 0 Å². The van der Waals surface area contributed by atoms with Gasteiger partial charge in [-0.1, -0.05) is 25.1 Å². The van der Waals surface area contributed by atoms with E-state index in [1.165, 1.54) is 16.5 Å². The first-order valence-electron chi connectivity index (χ1n) is 7.42. The lowest BCUT2D eigenvalue weighted by Gasteiger charge is -2.10. The van der Waals surface area contributed by atoms with Crippen molar-refractivity contribution in [3.63, 3.8) is 0 Å². The predicted octanol–water partition coefficient (Wildman–Crippen LogP) is 2.68. The number of hydrogen-bond acceptors (Lipinski definition) is 1. The van der Waals surface area contributed by atoms with Crippen LogP contribution in [0.15, 0.2) is 35.5 Å². The second-order valence-electron chi connectivity index (χ2n) is 4.80. The van der Waals surface area contributed by atoms with E-state index in [1.807, 2.05) is 0 Å². The first-order chi connectivity index (χ1) is 9.85. The lowest BCUT2D eigenvalue weighted by atomic mass is 10.1. The third-order valence-electron chi connectivity index (χ3n) is 3.20. The summed E-state index contributed by atoms with van der Waals surface area (Å²) in [5.41, 5.74) is 2.55. The molecule has 20 heavy (non-hydrogen) atoms. The number of fused-ring (bicyclic) bond motifs is 1. The van der Waals surface area contributed by atoms with Gasteiger partial charge in [-0.05, 0) is 31.4 Å². The lowest BCUT2D eigenvalue weighted by molar-refractivity contribution is 0.795. The van der Waals surface area contributed by atoms with E-state index in [2.05, 4.69) is 64.9 Å². The van der Waals surface area contributed by atoms with Gasteiger partial charge in [-0.25, -0.2) is 0 Å². The number of hydrogen-bond donors (Lipinski definition) is 3. The van der Waals surface area contributed by atoms with Gasteiger partial charge in [0, 0.05) is 36.7 Å². The van der Waals surface area contributed by atoms with Crippen LogP contribution in [0.1, 0.15) is 25.8 Å². The molecule has 4 heteroatoms. The third kappa shape index (κ3) is 3.76. The van der Waals surface area contributed by atoms with Crippen LogP contribution in [-0.4, -0.2) is 30.6 Å². The van der Waals surface area contributed by atoms with Crippen molar-refractivity contribution in [2.75, 3.05) is 19.6 Å². The zero-order valence-electron chi connectivity index (χ0n) is 12.4. The van der Waals surface area contributed by atoms with Crippen LogP contribution in [0.4, 0.5) is 0 Å². The van der Waals surface area contributed by atoms with Crippen LogP contribution in [0.3, 0.4) is 0 Å². The fraction of sp³-hybridized carbons (Fsp3) is 0.438. The molecule has 0 radical (unpaired) electrons. The normalized spacial score (nSPS) is 11.8. The number of rotatable bonds is 6. The van der Waals surface area contributed by atoms with Gasteiger partial charge in [0.2, 0.25) is 0 Å². The van der Waals surface area contributed by atoms with Gasteiger partial charge >= 0.3 is 0 Å². The Labute approximate surface area is 120 Å². The topological polar surface area (TPSA) is 52.2 Å². The minimum Gasteiger partial charge on any atom is -0.361 e. The van der Waals surface area contributed by atoms with Gasteiger partial charge in [-0.3, -0.25) is 4.99 Å². The Kier molecular flexibility index (Phi) is 5.47. The molecule has 0 aliphatic heterocycles. The zero-order chi connectivity index (χ0) is 14.2. The summed E-state index contributed by atoms with van der Waals surface area (Å²) in [4.78, 5) is 7.81. The molecule has 1 aromatic carbocycles. The maximum Gasteiger partial charge on any atom is 0.191 e. The van der Waals surface area contributed by atoms with Gasteiger partial charge in [0.25, 0.3) is 0 Å². The van der Waals surface area contributed by atoms with Crippen molar-refractivity contribution < 1.29 is 0 Å². The van der Waals surface area contributed by atoms with E-state index in [-0.39, 0.29) is 0 Å². The molecule has 2 aromatic rings. The Morgan fingerprint density at radius 3 is 2.85 bits per heavy atom. The Balaban J connectivity index is 1.91. The van der Waals surface area contributed by atoms with Crippen LogP contribution in [-0.2, 0) is 6.42 Å². The van der Waals surface area contributed by atoms with Crippen molar-refractivity contribution in [3.8, 4) is 0 Å². The maximum atomic E-state index is 4.50. The quantitative estimate of drug-likeness (QED) is 0.559. The van der Waals surface area contributed by atoms with Crippen molar-refractivity contribution in [2.45, 2.75) is 26.7 Å². The van der Waals surface area contributed by atoms with E-state index in [9.17, 15) is 0 Å². The van der Waals surface area contributed by atoms with Crippen molar-refractivity contribution in [1.82, 2.24) is 15.6 Å². The van der Waals surface area contributed by atoms with Gasteiger partial charge in [0.05, 0.1) is 0 Å². The van der Waals surface area contributed by atoms with Gasteiger partial charge in [-0.2, -0.15) is 0 Å². The molecule has 0 bridgehead atoms. The standard InChI is InChI=1S/C16H24N4/c1-3-10-18-16(17-4-2)19-11-9-13-12-20-15-8-6-5-7-14(13)15/h5-8,12,20H,3-4,9-11H2,1-2H3,(H2,17,18,19). The lowest BCUT2D eigenvalue weighted by Crippen LogP contribution is -2.38. The molecule has 0 fully saturated rings. The van der Waals surface area contributed by atoms with Crippen molar-refractivity contribution in [2.24, 2.45) is 4.99 Å². The van der Waals surface area contributed by atoms with Crippen molar-refractivity contribution in [1.29, 1.82) is 0 Å². The van der Waals surface area contributed by atoms with Crippen molar-refractivity contribution >= 4 is 16.9 Å². The summed E-state index contributed by atoms with van der Waals surface area (Å²) >= 11 is 0. The van der Waals surface area contributed by atoms with Crippen LogP contribution >= 0.6 is 0 Å². The van der Waals surface area contributed by atoms with E-state index in [0.29, 0.717) is 0 Å². The molecular weight excluding hydrogens is 248 g/mol. The highest BCUT2D eigenvalue weighted by atomic mass is 15.2. The highest BCUT2D eigenvalue weighted by molar-refractivity contribution is 5.83. The Morgan fingerprint density at radius 2 is 2.05 bits per heavy atom. The summed E-state index contributed by atoms with van der Waals surface area (Å²) in [6.07, 6.45) is 4.15. The number of H-pyrrole nitrogens is 1. The fourth-order valence-electron chi connectivity index (χ4n) is 2.22. The number of nitrogens with one attached hydrogen (secondary N) is 3. The fourth-order valence-corrected chi connectivity index (χ4v) is 2.22. The summed E-state index contributed by atoms with van der Waals surface area (Å²) in [7, 11) is 0. The average Bonchev–Trinajstić information content (AvgIpc) is 2.88. The molecule has 0 saturated carbocycles. The molecular formula is C16H24N4. The largest absolute Gasteiger partial charge is 0.361 e. The number of aliphatic imine (C=N–C) groups is 1. The zero-order valence-corrected chi connectivity index (χ0v) is 12.4. The number of guanidine groups is 1. The van der Waals surface area contributed by atoms with E-state index < -0.39 is 0 Å².